The van der Waals surface area contributed by atoms with E-state index in [9.17, 15) is 4.79 Å². The Balaban J connectivity index is 2.07. The monoisotopic (exact) mass is 206 g/mol. The van der Waals surface area contributed by atoms with E-state index in [4.69, 9.17) is 14.6 Å². The topological polar surface area (TPSA) is 55.8 Å². The van der Waals surface area contributed by atoms with Gasteiger partial charge in [-0.05, 0) is 0 Å². The van der Waals surface area contributed by atoms with Gasteiger partial charge in [0.25, 0.3) is 0 Å². The highest BCUT2D eigenvalue weighted by molar-refractivity contribution is 8.13. The van der Waals surface area contributed by atoms with Gasteiger partial charge in [0.2, 0.25) is 0 Å². The lowest BCUT2D eigenvalue weighted by Gasteiger charge is -2.08. The Kier molecular flexibility index (Phi) is 4.72. The molecule has 5 heteroatoms. The third-order valence-corrected chi connectivity index (χ3v) is 2.52. The Labute approximate surface area is 81.6 Å². The summed E-state index contributed by atoms with van der Waals surface area (Å²) in [4.78, 5) is 10.6. The highest BCUT2D eigenvalue weighted by Gasteiger charge is 2.24. The summed E-state index contributed by atoms with van der Waals surface area (Å²) in [6.07, 6.45) is 0.261. The number of aliphatic hydroxyl groups is 1. The third kappa shape index (κ3) is 4.08. The third-order valence-electron chi connectivity index (χ3n) is 1.67. The number of aliphatic hydroxyl groups excluding tert-OH is 1. The Bertz CT molecular complexity index is 174. The van der Waals surface area contributed by atoms with Gasteiger partial charge in [0.15, 0.2) is 11.4 Å². The molecule has 0 saturated carbocycles. The van der Waals surface area contributed by atoms with Crippen molar-refractivity contribution in [2.24, 2.45) is 0 Å². The van der Waals surface area contributed by atoms with Gasteiger partial charge in [0.05, 0.1) is 13.2 Å². The van der Waals surface area contributed by atoms with Gasteiger partial charge in [-0.25, -0.2) is 0 Å². The van der Waals surface area contributed by atoms with E-state index >= 15 is 0 Å². The van der Waals surface area contributed by atoms with Crippen molar-refractivity contribution in [3.8, 4) is 0 Å². The highest BCUT2D eigenvalue weighted by Crippen LogP contribution is 2.16. The number of carbonyl (C=O) groups excluding carboxylic acids is 1. The second-order valence-corrected chi connectivity index (χ2v) is 4.10. The lowest BCUT2D eigenvalue weighted by Crippen LogP contribution is -2.16. The van der Waals surface area contributed by atoms with Crippen LogP contribution >= 0.6 is 11.8 Å². The van der Waals surface area contributed by atoms with Crippen LogP contribution in [0.4, 0.5) is 0 Å². The summed E-state index contributed by atoms with van der Waals surface area (Å²) in [5.74, 6) is 0.706. The van der Waals surface area contributed by atoms with Gasteiger partial charge in [0, 0.05) is 19.1 Å². The van der Waals surface area contributed by atoms with Gasteiger partial charge in [-0.2, -0.15) is 0 Å². The van der Waals surface area contributed by atoms with Gasteiger partial charge in [0.1, 0.15) is 6.10 Å². The van der Waals surface area contributed by atoms with Crippen molar-refractivity contribution in [3.05, 3.63) is 0 Å². The van der Waals surface area contributed by atoms with Crippen LogP contribution in [0.5, 0.6) is 0 Å². The Hall–Kier alpha value is -0.100. The summed E-state index contributed by atoms with van der Waals surface area (Å²) >= 11 is 1.27. The van der Waals surface area contributed by atoms with Crippen LogP contribution < -0.4 is 0 Å². The molecule has 0 amide bonds. The molecule has 1 heterocycles. The highest BCUT2D eigenvalue weighted by atomic mass is 32.2. The molecule has 1 N–H and O–H groups in total. The number of carbonyl (C=O) groups is 1. The second-order valence-electron chi connectivity index (χ2n) is 2.83. The normalized spacial score (nSPS) is 27.8. The molecular formula is C8H14O4S. The summed E-state index contributed by atoms with van der Waals surface area (Å²) in [6, 6.07) is 0. The number of hydrogen-bond donors (Lipinski definition) is 1. The molecule has 0 aromatic heterocycles. The van der Waals surface area contributed by atoms with Crippen LogP contribution in [0.15, 0.2) is 0 Å². The number of hydrogen-bond acceptors (Lipinski definition) is 5. The van der Waals surface area contributed by atoms with Crippen molar-refractivity contribution >= 4 is 16.9 Å². The van der Waals surface area contributed by atoms with Crippen LogP contribution in [0.3, 0.4) is 0 Å². The van der Waals surface area contributed by atoms with Crippen molar-refractivity contribution in [2.45, 2.75) is 25.7 Å². The van der Waals surface area contributed by atoms with Crippen LogP contribution in [0.2, 0.25) is 0 Å². The van der Waals surface area contributed by atoms with Crippen LogP contribution in [-0.2, 0) is 14.3 Å². The molecule has 1 saturated heterocycles. The first-order chi connectivity index (χ1) is 6.22. The zero-order valence-electron chi connectivity index (χ0n) is 7.56. The van der Waals surface area contributed by atoms with E-state index in [0.717, 1.165) is 0 Å². The van der Waals surface area contributed by atoms with Crippen molar-refractivity contribution in [1.29, 1.82) is 0 Å². The fourth-order valence-corrected chi connectivity index (χ4v) is 1.65. The molecule has 2 unspecified atom stereocenters. The largest absolute Gasteiger partial charge is 0.394 e. The van der Waals surface area contributed by atoms with Crippen molar-refractivity contribution in [2.75, 3.05) is 19.0 Å². The zero-order chi connectivity index (χ0) is 9.68. The molecular weight excluding hydrogens is 192 g/mol. The van der Waals surface area contributed by atoms with Gasteiger partial charge in [-0.3, -0.25) is 4.79 Å². The minimum atomic E-state index is -0.246. The maximum absolute atomic E-state index is 10.6. The summed E-state index contributed by atoms with van der Waals surface area (Å²) in [5.41, 5.74) is 0. The lowest BCUT2D eigenvalue weighted by molar-refractivity contribution is -0.109. The van der Waals surface area contributed by atoms with Gasteiger partial charge >= 0.3 is 0 Å². The van der Waals surface area contributed by atoms with E-state index in [0.29, 0.717) is 18.8 Å². The zero-order valence-corrected chi connectivity index (χ0v) is 8.38. The average Bonchev–Trinajstić information content (AvgIpc) is 2.52. The first-order valence-electron chi connectivity index (χ1n) is 4.23. The fourth-order valence-electron chi connectivity index (χ4n) is 1.05. The lowest BCUT2D eigenvalue weighted by atomic mass is 10.4. The van der Waals surface area contributed by atoms with E-state index in [2.05, 4.69) is 0 Å². The Morgan fingerprint density at radius 2 is 2.46 bits per heavy atom. The molecule has 0 spiro atoms. The minimum Gasteiger partial charge on any atom is -0.394 e. The van der Waals surface area contributed by atoms with Gasteiger partial charge in [-0.1, -0.05) is 11.8 Å². The molecule has 1 rings (SSSR count). The minimum absolute atomic E-state index is 0.00362. The molecule has 1 aliphatic rings. The quantitative estimate of drug-likeness (QED) is 0.721. The van der Waals surface area contributed by atoms with Crippen LogP contribution in [0, 0.1) is 0 Å². The molecule has 0 radical (unpaired) electrons. The average molecular weight is 206 g/mol. The van der Waals surface area contributed by atoms with E-state index < -0.39 is 0 Å². The number of thioether (sulfide) groups is 1. The van der Waals surface area contributed by atoms with Gasteiger partial charge in [-0.15, -0.1) is 0 Å². The first kappa shape index (κ1) is 11.0. The van der Waals surface area contributed by atoms with E-state index in [1.54, 1.807) is 0 Å². The molecule has 13 heavy (non-hydrogen) atoms. The Morgan fingerprint density at radius 1 is 1.69 bits per heavy atom. The van der Waals surface area contributed by atoms with E-state index in [1.165, 1.54) is 18.7 Å². The van der Waals surface area contributed by atoms with E-state index in [1.807, 2.05) is 0 Å². The summed E-state index contributed by atoms with van der Waals surface area (Å²) < 4.78 is 10.5. The van der Waals surface area contributed by atoms with Crippen molar-refractivity contribution in [3.63, 3.8) is 0 Å². The number of rotatable bonds is 4. The summed E-state index contributed by atoms with van der Waals surface area (Å²) in [7, 11) is 0. The molecule has 0 aliphatic carbocycles. The molecule has 76 valence electrons. The van der Waals surface area contributed by atoms with Crippen molar-refractivity contribution < 1.29 is 19.4 Å². The summed E-state index contributed by atoms with van der Waals surface area (Å²) in [5, 5.41) is 8.84. The SMILES string of the molecule is CC(=O)SCCC1OCC(CO)O1. The smallest absolute Gasteiger partial charge is 0.185 e. The molecule has 0 bridgehead atoms. The first-order valence-corrected chi connectivity index (χ1v) is 5.22. The molecule has 0 aromatic rings. The standard InChI is InChI=1S/C8H14O4S/c1-6(10)13-3-2-8-11-5-7(4-9)12-8/h7-9H,2-5H2,1H3. The van der Waals surface area contributed by atoms with Crippen molar-refractivity contribution in [1.82, 2.24) is 0 Å². The van der Waals surface area contributed by atoms with Gasteiger partial charge < -0.3 is 14.6 Å². The molecule has 4 nitrogen and oxygen atoms in total. The van der Waals surface area contributed by atoms with Crippen LogP contribution in [0.25, 0.3) is 0 Å². The number of ether oxygens (including phenoxy) is 2. The maximum atomic E-state index is 10.6. The fraction of sp³-hybridized carbons (Fsp3) is 0.875. The summed E-state index contributed by atoms with van der Waals surface area (Å²) in [6.45, 7) is 1.99. The second kappa shape index (κ2) is 5.59. The molecule has 1 fully saturated rings. The predicted octanol–water partition coefficient (Wildman–Crippen LogP) is 0.390. The van der Waals surface area contributed by atoms with Crippen LogP contribution in [-0.4, -0.2) is 41.6 Å². The molecule has 0 aromatic carbocycles. The maximum Gasteiger partial charge on any atom is 0.185 e. The molecule has 1 aliphatic heterocycles. The Morgan fingerprint density at radius 3 is 3.00 bits per heavy atom. The predicted molar refractivity (Wildman–Crippen MR) is 49.5 cm³/mol. The molecule has 2 atom stereocenters. The van der Waals surface area contributed by atoms with Crippen LogP contribution in [0.1, 0.15) is 13.3 Å². The van der Waals surface area contributed by atoms with E-state index in [-0.39, 0.29) is 24.1 Å².